The first-order chi connectivity index (χ1) is 16.3. The predicted octanol–water partition coefficient (Wildman–Crippen LogP) is 9.11. The third-order valence-corrected chi connectivity index (χ3v) is 6.48. The Kier molecular flexibility index (Phi) is 4.97. The van der Waals surface area contributed by atoms with E-state index in [1.54, 1.807) is 0 Å². The van der Waals surface area contributed by atoms with E-state index < -0.39 is 0 Å². The van der Waals surface area contributed by atoms with Crippen LogP contribution in [0.25, 0.3) is 49.2 Å². The zero-order valence-electron chi connectivity index (χ0n) is 18.4. The molecule has 6 rings (SSSR count). The van der Waals surface area contributed by atoms with Crippen molar-refractivity contribution in [2.75, 3.05) is 0 Å². The number of allylic oxidation sites excluding steroid dienone is 3. The molecule has 0 fully saturated rings. The Bertz CT molecular complexity index is 1680. The van der Waals surface area contributed by atoms with Gasteiger partial charge >= 0.3 is 0 Å². The zero-order valence-corrected chi connectivity index (χ0v) is 18.4. The highest BCUT2D eigenvalue weighted by atomic mass is 14.1. The minimum Gasteiger partial charge on any atom is -0.0801 e. The van der Waals surface area contributed by atoms with Gasteiger partial charge in [0.1, 0.15) is 0 Å². The zero-order chi connectivity index (χ0) is 22.0. The number of hydrogen-bond donors (Lipinski definition) is 0. The topological polar surface area (TPSA) is 0 Å². The van der Waals surface area contributed by atoms with E-state index in [0.717, 1.165) is 6.42 Å². The molecule has 0 nitrogen and oxygen atoms in total. The van der Waals surface area contributed by atoms with Crippen LogP contribution in [0.2, 0.25) is 0 Å². The molecule has 0 radical (unpaired) electrons. The van der Waals surface area contributed by atoms with Crippen molar-refractivity contribution >= 4 is 49.2 Å². The molecule has 0 amide bonds. The van der Waals surface area contributed by atoms with Crippen molar-refractivity contribution in [3.63, 3.8) is 0 Å². The molecule has 0 N–H and O–H groups in total. The van der Waals surface area contributed by atoms with Gasteiger partial charge in [-0.05, 0) is 84.9 Å². The summed E-state index contributed by atoms with van der Waals surface area (Å²) in [5.74, 6) is 0. The molecule has 0 atom stereocenters. The molecule has 0 heterocycles. The monoisotopic (exact) mass is 420 g/mol. The Morgan fingerprint density at radius 1 is 0.455 bits per heavy atom. The van der Waals surface area contributed by atoms with E-state index in [9.17, 15) is 0 Å². The predicted molar refractivity (Wildman–Crippen MR) is 145 cm³/mol. The van der Waals surface area contributed by atoms with Crippen LogP contribution in [0, 0.1) is 0 Å². The van der Waals surface area contributed by atoms with Crippen molar-refractivity contribution in [2.45, 2.75) is 6.42 Å². The van der Waals surface area contributed by atoms with E-state index in [0.29, 0.717) is 0 Å². The van der Waals surface area contributed by atoms with E-state index in [4.69, 9.17) is 0 Å². The summed E-state index contributed by atoms with van der Waals surface area (Å²) in [6.45, 7) is 0. The molecule has 156 valence electrons. The Morgan fingerprint density at radius 2 is 1.00 bits per heavy atom. The minimum atomic E-state index is 0.917. The average Bonchev–Trinajstić information content (AvgIpc) is 2.86. The third kappa shape index (κ3) is 3.81. The Labute approximate surface area is 194 Å². The molecule has 33 heavy (non-hydrogen) atoms. The van der Waals surface area contributed by atoms with Crippen LogP contribution in [0.4, 0.5) is 0 Å². The molecule has 6 aromatic carbocycles. The minimum absolute atomic E-state index is 0.917. The molecule has 0 heteroatoms. The van der Waals surface area contributed by atoms with Gasteiger partial charge in [0, 0.05) is 0 Å². The van der Waals surface area contributed by atoms with Crippen molar-refractivity contribution in [2.24, 2.45) is 0 Å². The average molecular weight is 421 g/mol. The number of benzene rings is 6. The van der Waals surface area contributed by atoms with Gasteiger partial charge in [-0.25, -0.2) is 0 Å². The molecule has 0 aromatic heterocycles. The van der Waals surface area contributed by atoms with E-state index in [1.165, 1.54) is 54.2 Å². The lowest BCUT2D eigenvalue weighted by Crippen LogP contribution is -1.85. The number of rotatable bonds is 4. The van der Waals surface area contributed by atoms with Crippen molar-refractivity contribution < 1.29 is 0 Å². The maximum Gasteiger partial charge on any atom is -0.00882 e. The largest absolute Gasteiger partial charge is 0.0801 e. The molecule has 0 saturated carbocycles. The third-order valence-electron chi connectivity index (χ3n) is 6.48. The fourth-order valence-corrected chi connectivity index (χ4v) is 4.78. The first-order valence-corrected chi connectivity index (χ1v) is 11.5. The molecule has 0 aliphatic heterocycles. The highest BCUT2D eigenvalue weighted by molar-refractivity contribution is 6.02. The fourth-order valence-electron chi connectivity index (χ4n) is 4.78. The summed E-state index contributed by atoms with van der Waals surface area (Å²) >= 11 is 0. The molecule has 0 saturated heterocycles. The molecule has 0 bridgehead atoms. The van der Waals surface area contributed by atoms with E-state index in [-0.39, 0.29) is 0 Å². The smallest absolute Gasteiger partial charge is 0.00882 e. The van der Waals surface area contributed by atoms with Crippen LogP contribution in [-0.2, 0) is 6.42 Å². The van der Waals surface area contributed by atoms with Crippen molar-refractivity contribution in [1.29, 1.82) is 0 Å². The lowest BCUT2D eigenvalue weighted by molar-refractivity contribution is 1.30. The van der Waals surface area contributed by atoms with Crippen molar-refractivity contribution in [1.82, 2.24) is 0 Å². The second-order valence-electron chi connectivity index (χ2n) is 8.60. The molecule has 0 spiro atoms. The van der Waals surface area contributed by atoms with Gasteiger partial charge in [0.15, 0.2) is 0 Å². The first kappa shape index (κ1) is 19.5. The van der Waals surface area contributed by atoms with Crippen LogP contribution in [0.1, 0.15) is 11.1 Å². The van der Waals surface area contributed by atoms with Crippen LogP contribution in [-0.4, -0.2) is 0 Å². The van der Waals surface area contributed by atoms with Gasteiger partial charge in [-0.15, -0.1) is 0 Å². The van der Waals surface area contributed by atoms with Crippen molar-refractivity contribution in [3.05, 3.63) is 139 Å². The van der Waals surface area contributed by atoms with Gasteiger partial charge in [0.05, 0.1) is 0 Å². The van der Waals surface area contributed by atoms with Gasteiger partial charge in [0.2, 0.25) is 0 Å². The molecule has 6 aromatic rings. The molecular weight excluding hydrogens is 396 g/mol. The van der Waals surface area contributed by atoms with Gasteiger partial charge in [0.25, 0.3) is 0 Å². The lowest BCUT2D eigenvalue weighted by atomic mass is 9.98. The fraction of sp³-hybridized carbons (Fsp3) is 0.0303. The van der Waals surface area contributed by atoms with Gasteiger partial charge in [-0.1, -0.05) is 109 Å². The first-order valence-electron chi connectivity index (χ1n) is 11.5. The molecular formula is C33H24. The summed E-state index contributed by atoms with van der Waals surface area (Å²) in [6, 6.07) is 39.5. The Morgan fingerprint density at radius 3 is 1.70 bits per heavy atom. The maximum atomic E-state index is 2.32. The highest BCUT2D eigenvalue weighted by Crippen LogP contribution is 2.27. The molecule has 0 unspecified atom stereocenters. The van der Waals surface area contributed by atoms with Gasteiger partial charge in [-0.2, -0.15) is 0 Å². The van der Waals surface area contributed by atoms with Gasteiger partial charge < -0.3 is 0 Å². The second-order valence-corrected chi connectivity index (χ2v) is 8.60. The summed E-state index contributed by atoms with van der Waals surface area (Å²) < 4.78 is 0. The molecule has 0 aliphatic rings. The summed E-state index contributed by atoms with van der Waals surface area (Å²) in [6.07, 6.45) is 9.70. The van der Waals surface area contributed by atoms with Crippen LogP contribution < -0.4 is 0 Å². The highest BCUT2D eigenvalue weighted by Gasteiger charge is 2.03. The second kappa shape index (κ2) is 8.41. The summed E-state index contributed by atoms with van der Waals surface area (Å²) in [4.78, 5) is 0. The lowest BCUT2D eigenvalue weighted by Gasteiger charge is -2.07. The summed E-state index contributed by atoms with van der Waals surface area (Å²) in [5.41, 5.74) is 2.61. The van der Waals surface area contributed by atoms with Crippen LogP contribution in [0.3, 0.4) is 0 Å². The SMILES string of the molecule is C(/C=C/c1cccc2cc3ccccc3cc12)=C\Cc1cccc2cc3ccccc3cc12. The summed E-state index contributed by atoms with van der Waals surface area (Å²) in [7, 11) is 0. The van der Waals surface area contributed by atoms with E-state index in [1.807, 2.05) is 0 Å². The van der Waals surface area contributed by atoms with Crippen LogP contribution in [0.15, 0.2) is 127 Å². The van der Waals surface area contributed by atoms with Crippen molar-refractivity contribution in [3.8, 4) is 0 Å². The normalized spacial score (nSPS) is 12.1. The van der Waals surface area contributed by atoms with E-state index in [2.05, 4.69) is 133 Å². The summed E-state index contributed by atoms with van der Waals surface area (Å²) in [5, 5.41) is 10.4. The Hall–Kier alpha value is -4.16. The Balaban J connectivity index is 1.27. The van der Waals surface area contributed by atoms with Gasteiger partial charge in [-0.3, -0.25) is 0 Å². The van der Waals surface area contributed by atoms with Crippen LogP contribution in [0.5, 0.6) is 0 Å². The molecule has 0 aliphatic carbocycles. The standard InChI is InChI=1S/C33H24/c1(2-10-24-16-8-18-30-20-26-12-4-6-14-28(26)22-32(24)30)3-11-25-17-9-19-31-21-27-13-5-7-15-29(27)23-33(25)31/h1-10,12-23H,11H2/b3-1+,10-2+. The van der Waals surface area contributed by atoms with Crippen LogP contribution >= 0.6 is 0 Å². The maximum absolute atomic E-state index is 2.32. The number of fused-ring (bicyclic) bond motifs is 4. The quantitative estimate of drug-likeness (QED) is 0.197. The number of hydrogen-bond acceptors (Lipinski definition) is 0. The van der Waals surface area contributed by atoms with E-state index >= 15 is 0 Å².